The van der Waals surface area contributed by atoms with Crippen molar-refractivity contribution < 1.29 is 0 Å². The van der Waals surface area contributed by atoms with E-state index < -0.39 is 0 Å². The highest BCUT2D eigenvalue weighted by Gasteiger charge is 2.22. The van der Waals surface area contributed by atoms with E-state index in [1.54, 1.807) is 0 Å². The van der Waals surface area contributed by atoms with Gasteiger partial charge in [0.15, 0.2) is 0 Å². The summed E-state index contributed by atoms with van der Waals surface area (Å²) in [5, 5.41) is 4.93. The second-order valence-electron chi connectivity index (χ2n) is 6.05. The Hall–Kier alpha value is -1.48. The van der Waals surface area contributed by atoms with Crippen LogP contribution in [0.4, 0.5) is 5.69 Å². The largest absolute Gasteiger partial charge is 0.384 e. The number of nitrogens with one attached hydrogen (secondary N) is 2. The van der Waals surface area contributed by atoms with Crippen molar-refractivity contribution in [2.24, 2.45) is 0 Å². The van der Waals surface area contributed by atoms with Gasteiger partial charge in [-0.05, 0) is 68.6 Å². The van der Waals surface area contributed by atoms with E-state index in [-0.39, 0.29) is 0 Å². The number of H-pyrrole nitrogens is 1. The maximum atomic E-state index is 3.50. The summed E-state index contributed by atoms with van der Waals surface area (Å²) in [4.78, 5) is 5.92. The molecule has 2 aliphatic rings. The molecule has 0 aliphatic carbocycles. The molecule has 0 spiro atoms. The van der Waals surface area contributed by atoms with Crippen LogP contribution in [0.1, 0.15) is 29.9 Å². The van der Waals surface area contributed by atoms with Gasteiger partial charge in [-0.1, -0.05) is 0 Å². The first-order valence-corrected chi connectivity index (χ1v) is 7.37. The minimum Gasteiger partial charge on any atom is -0.384 e. The number of hydrogen-bond acceptors (Lipinski definition) is 2. The molecule has 4 rings (SSSR count). The maximum Gasteiger partial charge on any atom is 0.0461 e. The Bertz CT molecular complexity index is 606. The Morgan fingerprint density at radius 1 is 1.21 bits per heavy atom. The molecule has 1 fully saturated rings. The summed E-state index contributed by atoms with van der Waals surface area (Å²) in [6.45, 7) is 3.53. The average molecular weight is 255 g/mol. The quantitative estimate of drug-likeness (QED) is 0.821. The Balaban J connectivity index is 1.74. The van der Waals surface area contributed by atoms with Crippen molar-refractivity contribution >= 4 is 16.6 Å². The van der Waals surface area contributed by atoms with Gasteiger partial charge in [-0.3, -0.25) is 0 Å². The number of fused-ring (bicyclic) bond motifs is 2. The van der Waals surface area contributed by atoms with Crippen LogP contribution >= 0.6 is 0 Å². The first kappa shape index (κ1) is 11.4. The third-order valence-electron chi connectivity index (χ3n) is 4.81. The lowest BCUT2D eigenvalue weighted by Gasteiger charge is -2.28. The molecule has 0 atom stereocenters. The Kier molecular flexibility index (Phi) is 2.55. The van der Waals surface area contributed by atoms with Crippen molar-refractivity contribution in [3.05, 3.63) is 29.5 Å². The summed E-state index contributed by atoms with van der Waals surface area (Å²) in [6.07, 6.45) is 5.98. The van der Waals surface area contributed by atoms with Crippen molar-refractivity contribution in [3.8, 4) is 0 Å². The molecule has 2 aromatic rings. The standard InChI is InChI=1S/C16H21N3/c1-19-6-3-11(4-7-19)14-10-18-16-8-12-2-5-17-15(12)9-13(14)16/h8-11,17-18H,2-7H2,1H3. The maximum absolute atomic E-state index is 3.50. The molecule has 1 aromatic carbocycles. The van der Waals surface area contributed by atoms with Crippen LogP contribution in [0.15, 0.2) is 18.3 Å². The Labute approximate surface area is 114 Å². The summed E-state index contributed by atoms with van der Waals surface area (Å²) in [5.41, 5.74) is 5.65. The molecule has 100 valence electrons. The number of aromatic amines is 1. The molecule has 3 heteroatoms. The van der Waals surface area contributed by atoms with E-state index in [0.717, 1.165) is 18.9 Å². The molecule has 19 heavy (non-hydrogen) atoms. The normalized spacial score (nSPS) is 20.7. The molecule has 2 aliphatic heterocycles. The number of anilines is 1. The first-order chi connectivity index (χ1) is 9.31. The number of nitrogens with zero attached hydrogens (tertiary/aromatic N) is 1. The van der Waals surface area contributed by atoms with Gasteiger partial charge < -0.3 is 15.2 Å². The van der Waals surface area contributed by atoms with Crippen LogP contribution in [0.2, 0.25) is 0 Å². The molecule has 1 aromatic heterocycles. The van der Waals surface area contributed by atoms with E-state index in [4.69, 9.17) is 0 Å². The molecule has 1 saturated heterocycles. The topological polar surface area (TPSA) is 31.1 Å². The fourth-order valence-electron chi connectivity index (χ4n) is 3.60. The fraction of sp³-hybridized carbons (Fsp3) is 0.500. The minimum absolute atomic E-state index is 0.726. The molecule has 0 radical (unpaired) electrons. The van der Waals surface area contributed by atoms with Crippen molar-refractivity contribution in [2.45, 2.75) is 25.2 Å². The number of piperidine rings is 1. The summed E-state index contributed by atoms with van der Waals surface area (Å²) in [5.74, 6) is 0.726. The number of aromatic nitrogens is 1. The average Bonchev–Trinajstić information content (AvgIpc) is 3.03. The monoisotopic (exact) mass is 255 g/mol. The van der Waals surface area contributed by atoms with Crippen LogP contribution in [0, 0.1) is 0 Å². The van der Waals surface area contributed by atoms with E-state index in [9.17, 15) is 0 Å². The number of likely N-dealkylation sites (tertiary alicyclic amines) is 1. The van der Waals surface area contributed by atoms with Gasteiger partial charge in [-0.25, -0.2) is 0 Å². The molecule has 3 nitrogen and oxygen atoms in total. The van der Waals surface area contributed by atoms with Gasteiger partial charge in [0.1, 0.15) is 0 Å². The highest BCUT2D eigenvalue weighted by molar-refractivity contribution is 5.89. The predicted molar refractivity (Wildman–Crippen MR) is 80.0 cm³/mol. The van der Waals surface area contributed by atoms with Gasteiger partial charge in [-0.2, -0.15) is 0 Å². The van der Waals surface area contributed by atoms with Gasteiger partial charge in [0, 0.05) is 29.3 Å². The van der Waals surface area contributed by atoms with Crippen LogP contribution in [-0.4, -0.2) is 36.6 Å². The van der Waals surface area contributed by atoms with Gasteiger partial charge >= 0.3 is 0 Å². The lowest BCUT2D eigenvalue weighted by Crippen LogP contribution is -2.29. The van der Waals surface area contributed by atoms with E-state index in [1.807, 2.05) is 0 Å². The van der Waals surface area contributed by atoms with E-state index in [2.05, 4.69) is 40.6 Å². The zero-order chi connectivity index (χ0) is 12.8. The van der Waals surface area contributed by atoms with Crippen molar-refractivity contribution in [2.75, 3.05) is 32.0 Å². The van der Waals surface area contributed by atoms with Crippen molar-refractivity contribution in [1.82, 2.24) is 9.88 Å². The number of benzene rings is 1. The minimum atomic E-state index is 0.726. The highest BCUT2D eigenvalue weighted by atomic mass is 15.1. The lowest BCUT2D eigenvalue weighted by molar-refractivity contribution is 0.256. The van der Waals surface area contributed by atoms with Crippen LogP contribution in [0.25, 0.3) is 10.9 Å². The molecular weight excluding hydrogens is 234 g/mol. The molecule has 0 bridgehead atoms. The van der Waals surface area contributed by atoms with E-state index in [0.29, 0.717) is 0 Å². The molecule has 2 N–H and O–H groups in total. The summed E-state index contributed by atoms with van der Waals surface area (Å²) in [7, 11) is 2.22. The van der Waals surface area contributed by atoms with Gasteiger partial charge in [0.05, 0.1) is 0 Å². The van der Waals surface area contributed by atoms with E-state index in [1.165, 1.54) is 53.6 Å². The zero-order valence-electron chi connectivity index (χ0n) is 11.5. The Morgan fingerprint density at radius 3 is 2.89 bits per heavy atom. The van der Waals surface area contributed by atoms with E-state index >= 15 is 0 Å². The zero-order valence-corrected chi connectivity index (χ0v) is 11.5. The smallest absolute Gasteiger partial charge is 0.0461 e. The van der Waals surface area contributed by atoms with Gasteiger partial charge in [-0.15, -0.1) is 0 Å². The molecule has 0 amide bonds. The highest BCUT2D eigenvalue weighted by Crippen LogP contribution is 2.36. The van der Waals surface area contributed by atoms with Crippen LogP contribution in [-0.2, 0) is 6.42 Å². The second kappa shape index (κ2) is 4.27. The van der Waals surface area contributed by atoms with Gasteiger partial charge in [0.2, 0.25) is 0 Å². The molecular formula is C16H21N3. The number of rotatable bonds is 1. The van der Waals surface area contributed by atoms with Crippen LogP contribution in [0.3, 0.4) is 0 Å². The summed E-state index contributed by atoms with van der Waals surface area (Å²) in [6, 6.07) is 4.70. The SMILES string of the molecule is CN1CCC(c2c[nH]c3cc4c(cc23)NCC4)CC1. The number of hydrogen-bond donors (Lipinski definition) is 2. The van der Waals surface area contributed by atoms with Gasteiger partial charge in [0.25, 0.3) is 0 Å². The summed E-state index contributed by atoms with van der Waals surface area (Å²) >= 11 is 0. The second-order valence-corrected chi connectivity index (χ2v) is 6.05. The fourth-order valence-corrected chi connectivity index (χ4v) is 3.60. The first-order valence-electron chi connectivity index (χ1n) is 7.37. The Morgan fingerprint density at radius 2 is 2.05 bits per heavy atom. The van der Waals surface area contributed by atoms with Crippen LogP contribution < -0.4 is 5.32 Å². The van der Waals surface area contributed by atoms with Crippen molar-refractivity contribution in [1.29, 1.82) is 0 Å². The molecule has 0 saturated carbocycles. The molecule has 0 unspecified atom stereocenters. The predicted octanol–water partition coefficient (Wildman–Crippen LogP) is 2.95. The van der Waals surface area contributed by atoms with Crippen molar-refractivity contribution in [3.63, 3.8) is 0 Å². The molecule has 3 heterocycles. The lowest BCUT2D eigenvalue weighted by atomic mass is 9.89. The summed E-state index contributed by atoms with van der Waals surface area (Å²) < 4.78 is 0. The third kappa shape index (κ3) is 1.84. The van der Waals surface area contributed by atoms with Crippen LogP contribution in [0.5, 0.6) is 0 Å². The third-order valence-corrected chi connectivity index (χ3v) is 4.81.